The molecule has 3 rings (SSSR count). The van der Waals surface area contributed by atoms with E-state index in [2.05, 4.69) is 23.3 Å². The van der Waals surface area contributed by atoms with Gasteiger partial charge in [-0.15, -0.1) is 0 Å². The number of hydrogen-bond donors (Lipinski definition) is 1. The van der Waals surface area contributed by atoms with E-state index in [0.717, 1.165) is 24.1 Å². The van der Waals surface area contributed by atoms with Crippen molar-refractivity contribution in [1.82, 2.24) is 9.78 Å². The smallest absolute Gasteiger partial charge is 0.356 e. The second-order valence-electron chi connectivity index (χ2n) is 5.23. The molecule has 0 saturated carbocycles. The number of hydrogen-bond acceptors (Lipinski definition) is 2. The van der Waals surface area contributed by atoms with E-state index in [4.69, 9.17) is 5.11 Å². The first kappa shape index (κ1) is 12.9. The molecule has 0 radical (unpaired) electrons. The van der Waals surface area contributed by atoms with Crippen LogP contribution in [-0.2, 0) is 19.4 Å². The van der Waals surface area contributed by atoms with Crippen LogP contribution in [0, 0.1) is 0 Å². The van der Waals surface area contributed by atoms with Crippen molar-refractivity contribution in [3.8, 4) is 11.3 Å². The highest BCUT2D eigenvalue weighted by Crippen LogP contribution is 2.28. The first-order valence-electron chi connectivity index (χ1n) is 7.12. The largest absolute Gasteiger partial charge is 0.476 e. The maximum absolute atomic E-state index is 11.1. The Morgan fingerprint density at radius 3 is 2.70 bits per heavy atom. The summed E-state index contributed by atoms with van der Waals surface area (Å²) in [4.78, 5) is 11.1. The minimum Gasteiger partial charge on any atom is -0.476 e. The Morgan fingerprint density at radius 2 is 2.00 bits per heavy atom. The molecule has 1 aliphatic rings. The molecule has 4 heteroatoms. The molecule has 4 nitrogen and oxygen atoms in total. The lowest BCUT2D eigenvalue weighted by atomic mass is 9.90. The fourth-order valence-corrected chi connectivity index (χ4v) is 2.89. The number of carboxylic acid groups (broad SMARTS) is 1. The maximum atomic E-state index is 11.1. The molecule has 0 bridgehead atoms. The molecular weight excluding hydrogens is 252 g/mol. The fourth-order valence-electron chi connectivity index (χ4n) is 2.89. The molecule has 104 valence electrons. The number of benzene rings is 1. The Kier molecular flexibility index (Phi) is 3.30. The van der Waals surface area contributed by atoms with Gasteiger partial charge in [0.15, 0.2) is 5.69 Å². The molecule has 1 aliphatic carbocycles. The predicted molar refractivity (Wildman–Crippen MR) is 76.9 cm³/mol. The number of fused-ring (bicyclic) bond motifs is 1. The van der Waals surface area contributed by atoms with E-state index in [9.17, 15) is 4.79 Å². The highest BCUT2D eigenvalue weighted by molar-refractivity contribution is 5.87. The lowest BCUT2D eigenvalue weighted by molar-refractivity contribution is 0.0689. The van der Waals surface area contributed by atoms with Crippen molar-refractivity contribution >= 4 is 5.97 Å². The summed E-state index contributed by atoms with van der Waals surface area (Å²) in [6.45, 7) is 2.64. The summed E-state index contributed by atoms with van der Waals surface area (Å²) in [5, 5.41) is 13.2. The van der Waals surface area contributed by atoms with Crippen molar-refractivity contribution in [3.63, 3.8) is 0 Å². The molecular formula is C16H18N2O2. The Labute approximate surface area is 118 Å². The molecule has 0 unspecified atom stereocenters. The van der Waals surface area contributed by atoms with Gasteiger partial charge in [-0.2, -0.15) is 5.10 Å². The molecule has 0 spiro atoms. The van der Waals surface area contributed by atoms with Crippen LogP contribution in [0.3, 0.4) is 0 Å². The standard InChI is InChI=1S/C16H18N2O2/c1-2-18-15(10-14(17-18)16(19)20)13-8-7-11-5-3-4-6-12(11)9-13/h7-10H,2-6H2,1H3,(H,19,20). The van der Waals surface area contributed by atoms with Crippen LogP contribution in [0.5, 0.6) is 0 Å². The van der Waals surface area contributed by atoms with E-state index < -0.39 is 5.97 Å². The van der Waals surface area contributed by atoms with Crippen LogP contribution in [-0.4, -0.2) is 20.9 Å². The molecule has 0 amide bonds. The van der Waals surface area contributed by atoms with Gasteiger partial charge in [-0.25, -0.2) is 4.79 Å². The first-order valence-corrected chi connectivity index (χ1v) is 7.12. The van der Waals surface area contributed by atoms with Crippen LogP contribution < -0.4 is 0 Å². The average molecular weight is 270 g/mol. The van der Waals surface area contributed by atoms with Gasteiger partial charge in [-0.05, 0) is 55.9 Å². The van der Waals surface area contributed by atoms with Crippen molar-refractivity contribution in [1.29, 1.82) is 0 Å². The molecule has 0 atom stereocenters. The topological polar surface area (TPSA) is 55.1 Å². The third kappa shape index (κ3) is 2.22. The van der Waals surface area contributed by atoms with Crippen molar-refractivity contribution < 1.29 is 9.90 Å². The van der Waals surface area contributed by atoms with Gasteiger partial charge in [0.25, 0.3) is 0 Å². The quantitative estimate of drug-likeness (QED) is 0.932. The highest BCUT2D eigenvalue weighted by atomic mass is 16.4. The summed E-state index contributed by atoms with van der Waals surface area (Å²) in [5.41, 5.74) is 4.89. The minimum atomic E-state index is -0.976. The van der Waals surface area contributed by atoms with E-state index in [1.165, 1.54) is 24.0 Å². The summed E-state index contributed by atoms with van der Waals surface area (Å²) in [7, 11) is 0. The van der Waals surface area contributed by atoms with Crippen LogP contribution in [0.1, 0.15) is 41.4 Å². The number of carbonyl (C=O) groups is 1. The number of nitrogens with zero attached hydrogens (tertiary/aromatic N) is 2. The summed E-state index contributed by atoms with van der Waals surface area (Å²) in [6.07, 6.45) is 4.78. The van der Waals surface area contributed by atoms with Crippen LogP contribution >= 0.6 is 0 Å². The zero-order chi connectivity index (χ0) is 14.1. The molecule has 20 heavy (non-hydrogen) atoms. The van der Waals surface area contributed by atoms with E-state index in [1.54, 1.807) is 10.7 Å². The van der Waals surface area contributed by atoms with Crippen LogP contribution in [0.25, 0.3) is 11.3 Å². The van der Waals surface area contributed by atoms with Crippen molar-refractivity contribution in [3.05, 3.63) is 41.1 Å². The molecule has 1 heterocycles. The van der Waals surface area contributed by atoms with Gasteiger partial charge in [0.1, 0.15) is 0 Å². The van der Waals surface area contributed by atoms with Gasteiger partial charge in [0.05, 0.1) is 5.69 Å². The molecule has 0 aliphatic heterocycles. The van der Waals surface area contributed by atoms with Gasteiger partial charge >= 0.3 is 5.97 Å². The molecule has 1 N–H and O–H groups in total. The molecule has 0 saturated heterocycles. The third-order valence-corrected chi connectivity index (χ3v) is 3.94. The van der Waals surface area contributed by atoms with Gasteiger partial charge in [0, 0.05) is 12.1 Å². The highest BCUT2D eigenvalue weighted by Gasteiger charge is 2.16. The number of aryl methyl sites for hydroxylation is 3. The minimum absolute atomic E-state index is 0.111. The summed E-state index contributed by atoms with van der Waals surface area (Å²) in [5.74, 6) is -0.976. The number of carboxylic acids is 1. The van der Waals surface area contributed by atoms with E-state index >= 15 is 0 Å². The maximum Gasteiger partial charge on any atom is 0.356 e. The molecule has 1 aromatic heterocycles. The fraction of sp³-hybridized carbons (Fsp3) is 0.375. The van der Waals surface area contributed by atoms with Crippen LogP contribution in [0.15, 0.2) is 24.3 Å². The first-order chi connectivity index (χ1) is 9.69. The van der Waals surface area contributed by atoms with Gasteiger partial charge < -0.3 is 5.11 Å². The van der Waals surface area contributed by atoms with Gasteiger partial charge in [-0.3, -0.25) is 4.68 Å². The van der Waals surface area contributed by atoms with E-state index in [0.29, 0.717) is 6.54 Å². The molecule has 2 aromatic rings. The summed E-state index contributed by atoms with van der Waals surface area (Å²) >= 11 is 0. The van der Waals surface area contributed by atoms with E-state index in [1.807, 2.05) is 6.92 Å². The van der Waals surface area contributed by atoms with Crippen LogP contribution in [0.4, 0.5) is 0 Å². The lowest BCUT2D eigenvalue weighted by Crippen LogP contribution is -2.04. The number of aromatic nitrogens is 2. The zero-order valence-corrected chi connectivity index (χ0v) is 11.6. The normalized spacial score (nSPS) is 14.1. The number of aromatic carboxylic acids is 1. The van der Waals surface area contributed by atoms with Gasteiger partial charge in [0.2, 0.25) is 0 Å². The molecule has 0 fully saturated rings. The SMILES string of the molecule is CCn1nc(C(=O)O)cc1-c1ccc2c(c1)CCCC2. The monoisotopic (exact) mass is 270 g/mol. The van der Waals surface area contributed by atoms with E-state index in [-0.39, 0.29) is 5.69 Å². The predicted octanol–water partition coefficient (Wildman–Crippen LogP) is 3.15. The molecule has 1 aromatic carbocycles. The Morgan fingerprint density at radius 1 is 1.25 bits per heavy atom. The van der Waals surface area contributed by atoms with Crippen molar-refractivity contribution in [2.45, 2.75) is 39.2 Å². The van der Waals surface area contributed by atoms with Crippen molar-refractivity contribution in [2.75, 3.05) is 0 Å². The van der Waals surface area contributed by atoms with Crippen molar-refractivity contribution in [2.24, 2.45) is 0 Å². The number of rotatable bonds is 3. The Bertz CT molecular complexity index is 658. The second kappa shape index (κ2) is 5.12. The Hall–Kier alpha value is -2.10. The third-order valence-electron chi connectivity index (χ3n) is 3.94. The zero-order valence-electron chi connectivity index (χ0n) is 11.6. The summed E-state index contributed by atoms with van der Waals surface area (Å²) in [6, 6.07) is 8.12. The lowest BCUT2D eigenvalue weighted by Gasteiger charge is -2.16. The van der Waals surface area contributed by atoms with Crippen LogP contribution in [0.2, 0.25) is 0 Å². The summed E-state index contributed by atoms with van der Waals surface area (Å²) < 4.78 is 1.76. The Balaban J connectivity index is 2.06. The average Bonchev–Trinajstić information content (AvgIpc) is 2.91. The van der Waals surface area contributed by atoms with Gasteiger partial charge in [-0.1, -0.05) is 12.1 Å². The second-order valence-corrected chi connectivity index (χ2v) is 5.23.